The van der Waals surface area contributed by atoms with Gasteiger partial charge in [-0.3, -0.25) is 19.5 Å². The fourth-order valence-electron chi connectivity index (χ4n) is 3.06. The average molecular weight is 392 g/mol. The van der Waals surface area contributed by atoms with Gasteiger partial charge in [-0.05, 0) is 25.8 Å². The Labute approximate surface area is 167 Å². The van der Waals surface area contributed by atoms with Crippen molar-refractivity contribution in [2.75, 3.05) is 52.5 Å². The van der Waals surface area contributed by atoms with Crippen LogP contribution in [0, 0.1) is 12.8 Å². The Morgan fingerprint density at radius 3 is 2.64 bits per heavy atom. The zero-order chi connectivity index (χ0) is 20.4. The minimum Gasteiger partial charge on any atom is -0.379 e. The van der Waals surface area contributed by atoms with Crippen LogP contribution in [0.25, 0.3) is 0 Å². The normalized spacial score (nSPS) is 14.9. The molecule has 1 aliphatic heterocycles. The molecule has 156 valence electrons. The van der Waals surface area contributed by atoms with Crippen LogP contribution in [0.1, 0.15) is 42.9 Å². The molecule has 1 fully saturated rings. The second kappa shape index (κ2) is 11.7. The molecular formula is C20H33N5O3. The van der Waals surface area contributed by atoms with E-state index in [9.17, 15) is 9.59 Å². The van der Waals surface area contributed by atoms with E-state index in [-0.39, 0.29) is 18.2 Å². The maximum Gasteiger partial charge on any atom is 0.274 e. The Bertz CT molecular complexity index is 615. The van der Waals surface area contributed by atoms with Crippen molar-refractivity contribution in [1.82, 2.24) is 25.1 Å². The molecular weight excluding hydrogens is 358 g/mol. The van der Waals surface area contributed by atoms with Gasteiger partial charge in [0, 0.05) is 45.3 Å². The largest absolute Gasteiger partial charge is 0.379 e. The van der Waals surface area contributed by atoms with E-state index in [2.05, 4.69) is 20.2 Å². The van der Waals surface area contributed by atoms with Crippen molar-refractivity contribution >= 4 is 11.8 Å². The highest BCUT2D eigenvalue weighted by molar-refractivity contribution is 5.92. The monoisotopic (exact) mass is 391 g/mol. The standard InChI is InChI=1S/C20H33N5O3/c1-16(2)15-25(20(27)18-14-22-17(3)13-23-18)8-5-19(26)21-6-4-7-24-9-11-28-12-10-24/h13-14,16H,4-12,15H2,1-3H3,(H,21,26). The summed E-state index contributed by atoms with van der Waals surface area (Å²) in [5.74, 6) is 0.0961. The molecule has 0 spiro atoms. The number of carbonyl (C=O) groups excluding carboxylic acids is 2. The van der Waals surface area contributed by atoms with Crippen LogP contribution >= 0.6 is 0 Å². The van der Waals surface area contributed by atoms with Crippen molar-refractivity contribution < 1.29 is 14.3 Å². The zero-order valence-corrected chi connectivity index (χ0v) is 17.3. The smallest absolute Gasteiger partial charge is 0.274 e. The van der Waals surface area contributed by atoms with Gasteiger partial charge in [0.2, 0.25) is 5.91 Å². The molecule has 1 saturated heterocycles. The highest BCUT2D eigenvalue weighted by Gasteiger charge is 2.19. The molecule has 0 atom stereocenters. The highest BCUT2D eigenvalue weighted by atomic mass is 16.5. The molecule has 0 radical (unpaired) electrons. The van der Waals surface area contributed by atoms with Crippen LogP contribution in [-0.4, -0.2) is 84.1 Å². The van der Waals surface area contributed by atoms with Crippen LogP contribution in [-0.2, 0) is 9.53 Å². The third-order valence-corrected chi connectivity index (χ3v) is 4.56. The third kappa shape index (κ3) is 7.90. The number of carbonyl (C=O) groups is 2. The molecule has 8 heteroatoms. The molecule has 1 N–H and O–H groups in total. The van der Waals surface area contributed by atoms with E-state index >= 15 is 0 Å². The van der Waals surface area contributed by atoms with Gasteiger partial charge >= 0.3 is 0 Å². The van der Waals surface area contributed by atoms with E-state index < -0.39 is 0 Å². The minimum absolute atomic E-state index is 0.0291. The van der Waals surface area contributed by atoms with Gasteiger partial charge < -0.3 is 15.0 Å². The number of nitrogens with one attached hydrogen (secondary N) is 1. The fourth-order valence-corrected chi connectivity index (χ4v) is 3.06. The Morgan fingerprint density at radius 2 is 2.00 bits per heavy atom. The van der Waals surface area contributed by atoms with Crippen LogP contribution in [0.5, 0.6) is 0 Å². The van der Waals surface area contributed by atoms with E-state index in [4.69, 9.17) is 4.74 Å². The number of aromatic nitrogens is 2. The molecule has 1 aromatic heterocycles. The molecule has 2 heterocycles. The van der Waals surface area contributed by atoms with Crippen LogP contribution < -0.4 is 5.32 Å². The highest BCUT2D eigenvalue weighted by Crippen LogP contribution is 2.07. The summed E-state index contributed by atoms with van der Waals surface area (Å²) in [6.07, 6.45) is 4.29. The van der Waals surface area contributed by atoms with Gasteiger partial charge in [0.05, 0.1) is 25.1 Å². The zero-order valence-electron chi connectivity index (χ0n) is 17.3. The molecule has 1 aromatic rings. The number of rotatable bonds is 10. The first-order chi connectivity index (χ1) is 13.5. The Hall–Kier alpha value is -2.06. The maximum atomic E-state index is 12.7. The Balaban J connectivity index is 1.74. The lowest BCUT2D eigenvalue weighted by atomic mass is 10.2. The molecule has 2 rings (SSSR count). The average Bonchev–Trinajstić information content (AvgIpc) is 2.69. The molecule has 2 amide bonds. The molecule has 8 nitrogen and oxygen atoms in total. The van der Waals surface area contributed by atoms with Gasteiger partial charge in [0.1, 0.15) is 5.69 Å². The van der Waals surface area contributed by atoms with Gasteiger partial charge in [0.25, 0.3) is 5.91 Å². The third-order valence-electron chi connectivity index (χ3n) is 4.56. The van der Waals surface area contributed by atoms with Crippen LogP contribution in [0.2, 0.25) is 0 Å². The molecule has 0 aliphatic carbocycles. The summed E-state index contributed by atoms with van der Waals surface area (Å²) in [7, 11) is 0. The first-order valence-corrected chi connectivity index (χ1v) is 10.1. The lowest BCUT2D eigenvalue weighted by Crippen LogP contribution is -2.39. The predicted octanol–water partition coefficient (Wildman–Crippen LogP) is 1.11. The molecule has 0 unspecified atom stereocenters. The first kappa shape index (κ1) is 22.2. The van der Waals surface area contributed by atoms with E-state index in [1.165, 1.54) is 6.20 Å². The Kier molecular flexibility index (Phi) is 9.30. The molecule has 28 heavy (non-hydrogen) atoms. The lowest BCUT2D eigenvalue weighted by molar-refractivity contribution is -0.121. The quantitative estimate of drug-likeness (QED) is 0.601. The summed E-state index contributed by atoms with van der Waals surface area (Å²) in [4.78, 5) is 37.2. The number of ether oxygens (including phenoxy) is 1. The second-order valence-electron chi connectivity index (χ2n) is 7.60. The van der Waals surface area contributed by atoms with Gasteiger partial charge in [-0.1, -0.05) is 13.8 Å². The van der Waals surface area contributed by atoms with Gasteiger partial charge in [-0.2, -0.15) is 0 Å². The molecule has 0 aromatic carbocycles. The first-order valence-electron chi connectivity index (χ1n) is 10.1. The summed E-state index contributed by atoms with van der Waals surface area (Å²) in [6.45, 7) is 12.0. The van der Waals surface area contributed by atoms with Crippen LogP contribution in [0.4, 0.5) is 0 Å². The topological polar surface area (TPSA) is 87.7 Å². The number of hydrogen-bond acceptors (Lipinski definition) is 6. The fraction of sp³-hybridized carbons (Fsp3) is 0.700. The van der Waals surface area contributed by atoms with Crippen LogP contribution in [0.15, 0.2) is 12.4 Å². The molecule has 1 aliphatic rings. The summed E-state index contributed by atoms with van der Waals surface area (Å²) in [6, 6.07) is 0. The molecule has 0 bridgehead atoms. The van der Waals surface area contributed by atoms with Gasteiger partial charge in [0.15, 0.2) is 0 Å². The minimum atomic E-state index is -0.179. The summed E-state index contributed by atoms with van der Waals surface area (Å²) in [5, 5.41) is 2.95. The lowest BCUT2D eigenvalue weighted by Gasteiger charge is -2.26. The van der Waals surface area contributed by atoms with Gasteiger partial charge in [-0.25, -0.2) is 4.98 Å². The number of amides is 2. The van der Waals surface area contributed by atoms with Crippen molar-refractivity contribution in [3.63, 3.8) is 0 Å². The number of hydrogen-bond donors (Lipinski definition) is 1. The predicted molar refractivity (Wildman–Crippen MR) is 107 cm³/mol. The number of nitrogens with zero attached hydrogens (tertiary/aromatic N) is 4. The van der Waals surface area contributed by atoms with E-state index in [0.717, 1.165) is 45.0 Å². The van der Waals surface area contributed by atoms with Crippen molar-refractivity contribution in [3.8, 4) is 0 Å². The number of aryl methyl sites for hydroxylation is 1. The van der Waals surface area contributed by atoms with Crippen molar-refractivity contribution in [1.29, 1.82) is 0 Å². The second-order valence-corrected chi connectivity index (χ2v) is 7.60. The maximum absolute atomic E-state index is 12.7. The van der Waals surface area contributed by atoms with Crippen molar-refractivity contribution in [2.24, 2.45) is 5.92 Å². The van der Waals surface area contributed by atoms with Gasteiger partial charge in [-0.15, -0.1) is 0 Å². The van der Waals surface area contributed by atoms with Crippen molar-refractivity contribution in [2.45, 2.75) is 33.6 Å². The number of morpholine rings is 1. The van der Waals surface area contributed by atoms with Crippen LogP contribution in [0.3, 0.4) is 0 Å². The Morgan fingerprint density at radius 1 is 1.25 bits per heavy atom. The SMILES string of the molecule is Cc1cnc(C(=O)N(CCC(=O)NCCCN2CCOCC2)CC(C)C)cn1. The van der Waals surface area contributed by atoms with Crippen molar-refractivity contribution in [3.05, 3.63) is 23.8 Å². The van der Waals surface area contributed by atoms with E-state index in [0.29, 0.717) is 31.2 Å². The summed E-state index contributed by atoms with van der Waals surface area (Å²) >= 11 is 0. The molecule has 0 saturated carbocycles. The summed E-state index contributed by atoms with van der Waals surface area (Å²) in [5.41, 5.74) is 1.08. The van der Waals surface area contributed by atoms with E-state index in [1.807, 2.05) is 20.8 Å². The van der Waals surface area contributed by atoms with E-state index in [1.54, 1.807) is 11.1 Å². The summed E-state index contributed by atoms with van der Waals surface area (Å²) < 4.78 is 5.33.